The molecule has 2 N–H and O–H groups in total. The van der Waals surface area contributed by atoms with Crippen LogP contribution in [0.25, 0.3) is 0 Å². The lowest BCUT2D eigenvalue weighted by Gasteiger charge is -2.23. The molecular weight excluding hydrogens is 268 g/mol. The van der Waals surface area contributed by atoms with Crippen LogP contribution in [0.5, 0.6) is 0 Å². The lowest BCUT2D eigenvalue weighted by molar-refractivity contribution is 0.0951. The molecule has 0 spiro atoms. The van der Waals surface area contributed by atoms with Crippen molar-refractivity contribution in [3.63, 3.8) is 0 Å². The predicted octanol–water partition coefficient (Wildman–Crippen LogP) is 0.336. The van der Waals surface area contributed by atoms with Crippen molar-refractivity contribution in [2.45, 2.75) is 13.3 Å². The Balaban J connectivity index is 2.04. The summed E-state index contributed by atoms with van der Waals surface area (Å²) in [6.45, 7) is 7.23. The summed E-state index contributed by atoms with van der Waals surface area (Å²) in [7, 11) is 0. The van der Waals surface area contributed by atoms with E-state index in [1.165, 1.54) is 0 Å². The van der Waals surface area contributed by atoms with Gasteiger partial charge < -0.3 is 15.3 Å². The van der Waals surface area contributed by atoms with E-state index in [-0.39, 0.29) is 12.5 Å². The molecule has 21 heavy (non-hydrogen) atoms. The molecule has 1 saturated heterocycles. The summed E-state index contributed by atoms with van der Waals surface area (Å²) in [5, 5.41) is 11.8. The molecule has 1 fully saturated rings. The van der Waals surface area contributed by atoms with E-state index in [2.05, 4.69) is 20.1 Å². The smallest absolute Gasteiger partial charge is 0.269 e. The van der Waals surface area contributed by atoms with Gasteiger partial charge in [-0.3, -0.25) is 14.7 Å². The number of carbonyl (C=O) groups is 1. The third-order valence-electron chi connectivity index (χ3n) is 3.68. The largest absolute Gasteiger partial charge is 0.395 e. The van der Waals surface area contributed by atoms with Crippen molar-refractivity contribution in [1.82, 2.24) is 15.2 Å². The quantitative estimate of drug-likeness (QED) is 0.819. The van der Waals surface area contributed by atoms with Crippen molar-refractivity contribution in [2.24, 2.45) is 0 Å². The zero-order valence-corrected chi connectivity index (χ0v) is 12.6. The summed E-state index contributed by atoms with van der Waals surface area (Å²) in [6, 6.07) is 3.80. The Morgan fingerprint density at radius 2 is 2.24 bits per heavy atom. The average molecular weight is 292 g/mol. The summed E-state index contributed by atoms with van der Waals surface area (Å²) in [4.78, 5) is 20.5. The van der Waals surface area contributed by atoms with Gasteiger partial charge in [0.2, 0.25) is 0 Å². The zero-order chi connectivity index (χ0) is 15.1. The molecule has 6 nitrogen and oxygen atoms in total. The molecule has 1 aliphatic heterocycles. The Labute approximate surface area is 125 Å². The highest BCUT2D eigenvalue weighted by Gasteiger charge is 2.16. The van der Waals surface area contributed by atoms with E-state index >= 15 is 0 Å². The number of aliphatic hydroxyl groups is 1. The van der Waals surface area contributed by atoms with Crippen molar-refractivity contribution in [2.75, 3.05) is 50.8 Å². The molecule has 0 unspecified atom stereocenters. The van der Waals surface area contributed by atoms with Gasteiger partial charge in [0.1, 0.15) is 5.69 Å². The van der Waals surface area contributed by atoms with E-state index in [4.69, 9.17) is 5.11 Å². The normalized spacial score (nSPS) is 16.6. The first kappa shape index (κ1) is 15.7. The molecule has 116 valence electrons. The van der Waals surface area contributed by atoms with Gasteiger partial charge in [-0.1, -0.05) is 0 Å². The van der Waals surface area contributed by atoms with Crippen molar-refractivity contribution in [3.05, 3.63) is 24.0 Å². The SMILES string of the molecule is CCNC(=O)c1cc(N2CCCN(CCO)CC2)ccn1. The van der Waals surface area contributed by atoms with Crippen molar-refractivity contribution in [3.8, 4) is 0 Å². The minimum absolute atomic E-state index is 0.129. The molecule has 0 aliphatic carbocycles. The number of rotatable bonds is 5. The summed E-state index contributed by atoms with van der Waals surface area (Å²) >= 11 is 0. The van der Waals surface area contributed by atoms with Crippen LogP contribution < -0.4 is 10.2 Å². The number of β-amino-alcohol motifs (C(OH)–C–C–N with tert-alkyl or cyclic N) is 1. The van der Waals surface area contributed by atoms with Gasteiger partial charge >= 0.3 is 0 Å². The predicted molar refractivity (Wildman–Crippen MR) is 82.6 cm³/mol. The molecule has 2 rings (SSSR count). The van der Waals surface area contributed by atoms with Crippen LogP contribution in [0.4, 0.5) is 5.69 Å². The van der Waals surface area contributed by atoms with Gasteiger partial charge in [-0.05, 0) is 32.0 Å². The minimum atomic E-state index is -0.129. The molecule has 1 aromatic rings. The molecule has 1 aromatic heterocycles. The monoisotopic (exact) mass is 292 g/mol. The molecule has 0 aromatic carbocycles. The summed E-state index contributed by atoms with van der Waals surface area (Å²) in [6.07, 6.45) is 2.75. The van der Waals surface area contributed by atoms with Gasteiger partial charge in [-0.2, -0.15) is 0 Å². The van der Waals surface area contributed by atoms with Crippen LogP contribution in [0.2, 0.25) is 0 Å². The summed E-state index contributed by atoms with van der Waals surface area (Å²) in [5.74, 6) is -0.129. The highest BCUT2D eigenvalue weighted by Crippen LogP contribution is 2.17. The maximum Gasteiger partial charge on any atom is 0.269 e. The highest BCUT2D eigenvalue weighted by atomic mass is 16.3. The lowest BCUT2D eigenvalue weighted by Crippen LogP contribution is -2.32. The number of hydrogen-bond donors (Lipinski definition) is 2. The average Bonchev–Trinajstić information content (AvgIpc) is 2.74. The van der Waals surface area contributed by atoms with E-state index in [0.29, 0.717) is 12.2 Å². The number of hydrogen-bond acceptors (Lipinski definition) is 5. The number of aromatic nitrogens is 1. The number of amides is 1. The Morgan fingerprint density at radius 1 is 1.38 bits per heavy atom. The van der Waals surface area contributed by atoms with Crippen LogP contribution in [0.1, 0.15) is 23.8 Å². The van der Waals surface area contributed by atoms with Crippen LogP contribution in [-0.4, -0.2) is 66.8 Å². The second kappa shape index (κ2) is 7.95. The Hall–Kier alpha value is -1.66. The number of aliphatic hydroxyl groups excluding tert-OH is 1. The van der Waals surface area contributed by atoms with E-state index < -0.39 is 0 Å². The van der Waals surface area contributed by atoms with Gasteiger partial charge in [-0.15, -0.1) is 0 Å². The van der Waals surface area contributed by atoms with Crippen LogP contribution in [0, 0.1) is 0 Å². The van der Waals surface area contributed by atoms with Gasteiger partial charge in [0.05, 0.1) is 6.61 Å². The molecule has 0 bridgehead atoms. The summed E-state index contributed by atoms with van der Waals surface area (Å²) in [5.41, 5.74) is 1.50. The minimum Gasteiger partial charge on any atom is -0.395 e. The fourth-order valence-corrected chi connectivity index (χ4v) is 2.59. The topological polar surface area (TPSA) is 68.7 Å². The fraction of sp³-hybridized carbons (Fsp3) is 0.600. The highest BCUT2D eigenvalue weighted by molar-refractivity contribution is 5.93. The third kappa shape index (κ3) is 4.41. The number of nitrogens with zero attached hydrogens (tertiary/aromatic N) is 3. The van der Waals surface area contributed by atoms with Crippen molar-refractivity contribution >= 4 is 11.6 Å². The lowest BCUT2D eigenvalue weighted by atomic mass is 10.2. The van der Waals surface area contributed by atoms with Gasteiger partial charge in [-0.25, -0.2) is 0 Å². The maximum absolute atomic E-state index is 11.9. The second-order valence-corrected chi connectivity index (χ2v) is 5.16. The first-order valence-corrected chi connectivity index (χ1v) is 7.57. The van der Waals surface area contributed by atoms with Crippen LogP contribution in [0.3, 0.4) is 0 Å². The molecular formula is C15H24N4O2. The number of pyridine rings is 1. The Morgan fingerprint density at radius 3 is 3.00 bits per heavy atom. The number of anilines is 1. The van der Waals surface area contributed by atoms with Gasteiger partial charge in [0, 0.05) is 44.6 Å². The Kier molecular flexibility index (Phi) is 5.95. The van der Waals surface area contributed by atoms with Gasteiger partial charge in [0.15, 0.2) is 0 Å². The molecule has 0 atom stereocenters. The third-order valence-corrected chi connectivity index (χ3v) is 3.68. The van der Waals surface area contributed by atoms with Crippen LogP contribution in [0.15, 0.2) is 18.3 Å². The maximum atomic E-state index is 11.9. The molecule has 0 radical (unpaired) electrons. The number of nitrogens with one attached hydrogen (secondary N) is 1. The molecule has 1 amide bonds. The molecule has 2 heterocycles. The van der Waals surface area contributed by atoms with E-state index in [9.17, 15) is 4.79 Å². The van der Waals surface area contributed by atoms with Crippen molar-refractivity contribution in [1.29, 1.82) is 0 Å². The molecule has 6 heteroatoms. The Bertz CT molecular complexity index is 467. The number of carbonyl (C=O) groups excluding carboxylic acids is 1. The van der Waals surface area contributed by atoms with Gasteiger partial charge in [0.25, 0.3) is 5.91 Å². The molecule has 0 saturated carbocycles. The fourth-order valence-electron chi connectivity index (χ4n) is 2.59. The molecule has 1 aliphatic rings. The standard InChI is InChI=1S/C15H24N4O2/c1-2-16-15(21)14-12-13(4-5-17-14)19-7-3-6-18(8-9-19)10-11-20/h4-5,12,20H,2-3,6-11H2,1H3,(H,16,21). The van der Waals surface area contributed by atoms with E-state index in [1.54, 1.807) is 6.20 Å². The van der Waals surface area contributed by atoms with Crippen LogP contribution >= 0.6 is 0 Å². The summed E-state index contributed by atoms with van der Waals surface area (Å²) < 4.78 is 0. The van der Waals surface area contributed by atoms with E-state index in [1.807, 2.05) is 19.1 Å². The van der Waals surface area contributed by atoms with E-state index in [0.717, 1.165) is 44.8 Å². The first-order valence-electron chi connectivity index (χ1n) is 7.57. The second-order valence-electron chi connectivity index (χ2n) is 5.16. The van der Waals surface area contributed by atoms with Crippen molar-refractivity contribution < 1.29 is 9.90 Å². The first-order chi connectivity index (χ1) is 10.2. The zero-order valence-electron chi connectivity index (χ0n) is 12.6. The van der Waals surface area contributed by atoms with Crippen LogP contribution in [-0.2, 0) is 0 Å².